The highest BCUT2D eigenvalue weighted by molar-refractivity contribution is 5.52. The van der Waals surface area contributed by atoms with Crippen LogP contribution in [0.25, 0.3) is 0 Å². The van der Waals surface area contributed by atoms with Crippen LogP contribution in [0.1, 0.15) is 5.69 Å². The smallest absolute Gasteiger partial charge is 0.236 e. The maximum Gasteiger partial charge on any atom is 0.236 e. The number of nitrogen functional groups attached to an aromatic ring is 1. The zero-order chi connectivity index (χ0) is 12.0. The Bertz CT molecular complexity index is 416. The number of nitrogens with zero attached hydrogens (tertiary/aromatic N) is 2. The Morgan fingerprint density at radius 3 is 2.81 bits per heavy atom. The van der Waals surface area contributed by atoms with E-state index in [4.69, 9.17) is 10.5 Å². The first-order chi connectivity index (χ1) is 7.70. The fourth-order valence-electron chi connectivity index (χ4n) is 1.30. The Kier molecular flexibility index (Phi) is 4.39. The molecule has 0 aromatic carbocycles. The van der Waals surface area contributed by atoms with Crippen molar-refractivity contribution < 1.29 is 4.74 Å². The molecular weight excluding hydrogens is 202 g/mol. The number of aryl methyl sites for hydroxylation is 1. The van der Waals surface area contributed by atoms with Crippen molar-refractivity contribution in [2.24, 2.45) is 0 Å². The van der Waals surface area contributed by atoms with Crippen LogP contribution in [-0.2, 0) is 6.54 Å². The third kappa shape index (κ3) is 2.76. The SMILES string of the molecule is C=C/C=C\C=C/Cn1nc(C)c(N)c1OC. The summed E-state index contributed by atoms with van der Waals surface area (Å²) in [5.41, 5.74) is 7.19. The molecule has 4 nitrogen and oxygen atoms in total. The van der Waals surface area contributed by atoms with Gasteiger partial charge in [-0.25, -0.2) is 4.68 Å². The summed E-state index contributed by atoms with van der Waals surface area (Å²) in [7, 11) is 1.59. The van der Waals surface area contributed by atoms with Gasteiger partial charge < -0.3 is 10.5 Å². The normalized spacial score (nSPS) is 11.4. The number of ether oxygens (including phenoxy) is 1. The summed E-state index contributed by atoms with van der Waals surface area (Å²) in [6, 6.07) is 0. The molecule has 2 N–H and O–H groups in total. The predicted molar refractivity (Wildman–Crippen MR) is 66.4 cm³/mol. The standard InChI is InChI=1S/C12H17N3O/c1-4-5-6-7-8-9-15-12(16-3)11(13)10(2)14-15/h4-8H,1,9,13H2,2-3H3/b6-5-,8-7-. The minimum absolute atomic E-state index is 0.595. The van der Waals surface area contributed by atoms with Crippen molar-refractivity contribution in [2.75, 3.05) is 12.8 Å². The van der Waals surface area contributed by atoms with Gasteiger partial charge in [-0.2, -0.15) is 5.10 Å². The van der Waals surface area contributed by atoms with Gasteiger partial charge >= 0.3 is 0 Å². The molecule has 1 aromatic rings. The van der Waals surface area contributed by atoms with E-state index in [1.54, 1.807) is 17.9 Å². The van der Waals surface area contributed by atoms with Crippen LogP contribution in [0.15, 0.2) is 37.0 Å². The number of hydrogen-bond donors (Lipinski definition) is 1. The molecule has 0 amide bonds. The maximum absolute atomic E-state index is 5.81. The Balaban J connectivity index is 2.74. The van der Waals surface area contributed by atoms with Crippen molar-refractivity contribution in [3.05, 3.63) is 42.7 Å². The summed E-state index contributed by atoms with van der Waals surface area (Å²) in [5, 5.41) is 4.27. The summed E-state index contributed by atoms with van der Waals surface area (Å²) in [6.07, 6.45) is 9.37. The van der Waals surface area contributed by atoms with Crippen LogP contribution in [0.5, 0.6) is 5.88 Å². The van der Waals surface area contributed by atoms with E-state index in [0.717, 1.165) is 5.69 Å². The molecule has 0 aliphatic carbocycles. The fraction of sp³-hybridized carbons (Fsp3) is 0.250. The van der Waals surface area contributed by atoms with E-state index in [9.17, 15) is 0 Å². The fourth-order valence-corrected chi connectivity index (χ4v) is 1.30. The van der Waals surface area contributed by atoms with Crippen molar-refractivity contribution in [1.82, 2.24) is 9.78 Å². The molecule has 0 fully saturated rings. The third-order valence-electron chi connectivity index (χ3n) is 2.09. The highest BCUT2D eigenvalue weighted by Crippen LogP contribution is 2.23. The largest absolute Gasteiger partial charge is 0.480 e. The topological polar surface area (TPSA) is 53.1 Å². The summed E-state index contributed by atoms with van der Waals surface area (Å²) < 4.78 is 6.91. The molecule has 1 aromatic heterocycles. The van der Waals surface area contributed by atoms with Gasteiger partial charge in [0.25, 0.3) is 0 Å². The number of hydrogen-bond acceptors (Lipinski definition) is 3. The van der Waals surface area contributed by atoms with E-state index < -0.39 is 0 Å². The van der Waals surface area contributed by atoms with Crippen molar-refractivity contribution in [3.8, 4) is 5.88 Å². The molecule has 4 heteroatoms. The molecule has 0 saturated carbocycles. The van der Waals surface area contributed by atoms with Crippen LogP contribution in [-0.4, -0.2) is 16.9 Å². The lowest BCUT2D eigenvalue weighted by molar-refractivity contribution is 0.369. The second-order valence-corrected chi connectivity index (χ2v) is 3.24. The molecule has 0 bridgehead atoms. The number of allylic oxidation sites excluding steroid dienone is 5. The zero-order valence-corrected chi connectivity index (χ0v) is 9.68. The Hall–Kier alpha value is -1.97. The molecule has 86 valence electrons. The van der Waals surface area contributed by atoms with E-state index >= 15 is 0 Å². The average Bonchev–Trinajstić information content (AvgIpc) is 2.54. The highest BCUT2D eigenvalue weighted by atomic mass is 16.5. The molecule has 0 aliphatic heterocycles. The van der Waals surface area contributed by atoms with Gasteiger partial charge in [0.05, 0.1) is 19.3 Å². The molecule has 1 heterocycles. The van der Waals surface area contributed by atoms with Crippen LogP contribution in [0.4, 0.5) is 5.69 Å². The van der Waals surface area contributed by atoms with Crippen LogP contribution in [0, 0.1) is 6.92 Å². The van der Waals surface area contributed by atoms with Gasteiger partial charge in [0.2, 0.25) is 5.88 Å². The molecule has 1 rings (SSSR count). The molecule has 0 spiro atoms. The van der Waals surface area contributed by atoms with Gasteiger partial charge in [0, 0.05) is 0 Å². The maximum atomic E-state index is 5.81. The van der Waals surface area contributed by atoms with Crippen molar-refractivity contribution >= 4 is 5.69 Å². The van der Waals surface area contributed by atoms with Gasteiger partial charge in [-0.1, -0.05) is 37.0 Å². The monoisotopic (exact) mass is 219 g/mol. The van der Waals surface area contributed by atoms with E-state index in [1.165, 1.54) is 0 Å². The lowest BCUT2D eigenvalue weighted by Gasteiger charge is -2.02. The summed E-state index contributed by atoms with van der Waals surface area (Å²) in [5.74, 6) is 0.606. The quantitative estimate of drug-likeness (QED) is 0.771. The van der Waals surface area contributed by atoms with Crippen LogP contribution < -0.4 is 10.5 Å². The van der Waals surface area contributed by atoms with Crippen molar-refractivity contribution in [2.45, 2.75) is 13.5 Å². The Labute approximate surface area is 95.7 Å². The predicted octanol–water partition coefficient (Wildman–Crippen LogP) is 2.08. The first-order valence-corrected chi connectivity index (χ1v) is 5.01. The van der Waals surface area contributed by atoms with Crippen molar-refractivity contribution in [1.29, 1.82) is 0 Å². The molecule has 0 radical (unpaired) electrons. The minimum atomic E-state index is 0.595. The second-order valence-electron chi connectivity index (χ2n) is 3.24. The summed E-state index contributed by atoms with van der Waals surface area (Å²) in [4.78, 5) is 0. The lowest BCUT2D eigenvalue weighted by Crippen LogP contribution is -2.01. The van der Waals surface area contributed by atoms with Crippen LogP contribution in [0.2, 0.25) is 0 Å². The van der Waals surface area contributed by atoms with E-state index in [0.29, 0.717) is 18.1 Å². The van der Waals surface area contributed by atoms with E-state index in [1.807, 2.05) is 31.2 Å². The molecule has 16 heavy (non-hydrogen) atoms. The molecule has 0 aliphatic rings. The zero-order valence-electron chi connectivity index (χ0n) is 9.68. The number of nitrogens with two attached hydrogens (primary N) is 1. The number of methoxy groups -OCH3 is 1. The minimum Gasteiger partial charge on any atom is -0.480 e. The molecule has 0 unspecified atom stereocenters. The first kappa shape index (κ1) is 12.1. The van der Waals surface area contributed by atoms with Gasteiger partial charge in [-0.3, -0.25) is 0 Å². The highest BCUT2D eigenvalue weighted by Gasteiger charge is 2.10. The van der Waals surface area contributed by atoms with Gasteiger partial charge in [0.15, 0.2) is 0 Å². The average molecular weight is 219 g/mol. The van der Waals surface area contributed by atoms with Crippen LogP contribution in [0.3, 0.4) is 0 Å². The van der Waals surface area contributed by atoms with Crippen LogP contribution >= 0.6 is 0 Å². The lowest BCUT2D eigenvalue weighted by atomic mass is 10.4. The van der Waals surface area contributed by atoms with E-state index in [-0.39, 0.29) is 0 Å². The number of aromatic nitrogens is 2. The molecular formula is C12H17N3O. The first-order valence-electron chi connectivity index (χ1n) is 5.01. The number of rotatable bonds is 5. The van der Waals surface area contributed by atoms with Crippen molar-refractivity contribution in [3.63, 3.8) is 0 Å². The molecule has 0 atom stereocenters. The van der Waals surface area contributed by atoms with Gasteiger partial charge in [-0.15, -0.1) is 0 Å². The Morgan fingerprint density at radius 2 is 2.19 bits per heavy atom. The summed E-state index contributed by atoms with van der Waals surface area (Å²) in [6.45, 7) is 6.07. The van der Waals surface area contributed by atoms with Gasteiger partial charge in [0.1, 0.15) is 5.69 Å². The molecule has 0 saturated heterocycles. The number of anilines is 1. The van der Waals surface area contributed by atoms with E-state index in [2.05, 4.69) is 11.7 Å². The Morgan fingerprint density at radius 1 is 1.44 bits per heavy atom. The summed E-state index contributed by atoms with van der Waals surface area (Å²) >= 11 is 0. The third-order valence-corrected chi connectivity index (χ3v) is 2.09. The van der Waals surface area contributed by atoms with Gasteiger partial charge in [-0.05, 0) is 6.92 Å². The second kappa shape index (κ2) is 5.80.